The average Bonchev–Trinajstić information content (AvgIpc) is 3.17. The van der Waals surface area contributed by atoms with Crippen LogP contribution in [0, 0.1) is 0 Å². The molecule has 2 heterocycles. The van der Waals surface area contributed by atoms with E-state index in [2.05, 4.69) is 51.6 Å². The highest BCUT2D eigenvalue weighted by atomic mass is 32.1. The molecule has 0 bridgehead atoms. The minimum absolute atomic E-state index is 0.0248. The van der Waals surface area contributed by atoms with Gasteiger partial charge in [-0.25, -0.2) is 0 Å². The van der Waals surface area contributed by atoms with Gasteiger partial charge < -0.3 is 24.0 Å². The van der Waals surface area contributed by atoms with Gasteiger partial charge in [0.1, 0.15) is 11.5 Å². The Labute approximate surface area is 327 Å². The van der Waals surface area contributed by atoms with Crippen molar-refractivity contribution in [1.29, 1.82) is 0 Å². The van der Waals surface area contributed by atoms with E-state index in [9.17, 15) is 9.59 Å². The molecule has 7 nitrogen and oxygen atoms in total. The minimum atomic E-state index is -0.184. The van der Waals surface area contributed by atoms with Crippen molar-refractivity contribution < 1.29 is 14.2 Å². The number of hydrogen-bond acceptors (Lipinski definition) is 9. The lowest BCUT2D eigenvalue weighted by Crippen LogP contribution is -2.44. The Hall–Kier alpha value is -3.86. The zero-order valence-corrected chi connectivity index (χ0v) is 34.2. The first-order chi connectivity index (χ1) is 26.0. The lowest BCUT2D eigenvalue weighted by Gasteiger charge is -2.37. The van der Waals surface area contributed by atoms with Gasteiger partial charge in [-0.15, -0.1) is 22.7 Å². The highest BCUT2D eigenvalue weighted by molar-refractivity contribution is 7.24. The van der Waals surface area contributed by atoms with Crippen molar-refractivity contribution in [2.75, 3.05) is 53.6 Å². The van der Waals surface area contributed by atoms with Gasteiger partial charge in [0, 0.05) is 72.1 Å². The van der Waals surface area contributed by atoms with E-state index in [4.69, 9.17) is 14.2 Å². The van der Waals surface area contributed by atoms with E-state index >= 15 is 0 Å². The molecule has 0 spiro atoms. The first kappa shape index (κ1) is 39.8. The summed E-state index contributed by atoms with van der Waals surface area (Å²) in [4.78, 5) is 30.9. The number of benzene rings is 4. The third kappa shape index (κ3) is 9.68. The van der Waals surface area contributed by atoms with Crippen LogP contribution in [-0.2, 0) is 4.74 Å². The van der Waals surface area contributed by atoms with Gasteiger partial charge in [0.15, 0.2) is 10.9 Å². The van der Waals surface area contributed by atoms with Gasteiger partial charge in [0.05, 0.1) is 18.8 Å². The van der Waals surface area contributed by atoms with Crippen molar-refractivity contribution in [2.45, 2.75) is 70.9 Å². The molecule has 0 aliphatic heterocycles. The topological polar surface area (TPSA) is 68.3 Å². The molecule has 0 radical (unpaired) electrons. The van der Waals surface area contributed by atoms with E-state index in [-0.39, 0.29) is 22.0 Å². The zero-order valence-electron chi connectivity index (χ0n) is 32.6. The van der Waals surface area contributed by atoms with Crippen LogP contribution in [0.5, 0.6) is 11.5 Å². The highest BCUT2D eigenvalue weighted by Gasteiger charge is 2.27. The molecule has 0 saturated heterocycles. The van der Waals surface area contributed by atoms with E-state index < -0.39 is 0 Å². The molecule has 0 fully saturated rings. The predicted molar refractivity (Wildman–Crippen MR) is 230 cm³/mol. The Bertz CT molecular complexity index is 2320. The third-order valence-electron chi connectivity index (χ3n) is 10.9. The Kier molecular flexibility index (Phi) is 13.1. The first-order valence-corrected chi connectivity index (χ1v) is 20.8. The van der Waals surface area contributed by atoms with Crippen molar-refractivity contribution in [2.24, 2.45) is 0 Å². The second-order valence-corrected chi connectivity index (χ2v) is 17.4. The van der Waals surface area contributed by atoms with Gasteiger partial charge in [-0.05, 0) is 128 Å². The molecular weight excluding hydrogens is 713 g/mol. The smallest absolute Gasteiger partial charge is 0.196 e. The molecule has 6 aromatic rings. The summed E-state index contributed by atoms with van der Waals surface area (Å²) in [6, 6.07) is 27.3. The van der Waals surface area contributed by atoms with Crippen LogP contribution >= 0.6 is 22.7 Å². The fourth-order valence-electron chi connectivity index (χ4n) is 6.69. The predicted octanol–water partition coefficient (Wildman–Crippen LogP) is 9.99. The molecule has 286 valence electrons. The minimum Gasteiger partial charge on any atom is -0.494 e. The van der Waals surface area contributed by atoms with Crippen molar-refractivity contribution in [3.05, 3.63) is 105 Å². The summed E-state index contributed by atoms with van der Waals surface area (Å²) < 4.78 is 22.7. The maximum atomic E-state index is 13.1. The van der Waals surface area contributed by atoms with E-state index in [1.54, 1.807) is 22.7 Å². The number of nitrogens with zero attached hydrogens (tertiary/aromatic N) is 2. The van der Waals surface area contributed by atoms with Crippen molar-refractivity contribution in [3.63, 3.8) is 0 Å². The maximum Gasteiger partial charge on any atom is 0.196 e. The highest BCUT2D eigenvalue weighted by Crippen LogP contribution is 2.29. The number of ether oxygens (including phenoxy) is 3. The molecule has 1 unspecified atom stereocenters. The third-order valence-corrected chi connectivity index (χ3v) is 13.2. The normalized spacial score (nSPS) is 13.4. The van der Waals surface area contributed by atoms with E-state index in [0.29, 0.717) is 19.8 Å². The fraction of sp³-hybridized carbons (Fsp3) is 0.422. The van der Waals surface area contributed by atoms with E-state index in [0.717, 1.165) is 104 Å². The summed E-state index contributed by atoms with van der Waals surface area (Å²) in [6.07, 6.45) is 4.62. The summed E-state index contributed by atoms with van der Waals surface area (Å²) >= 11 is 3.28. The van der Waals surface area contributed by atoms with Gasteiger partial charge in [0.2, 0.25) is 0 Å². The molecule has 0 amide bonds. The van der Waals surface area contributed by atoms with Gasteiger partial charge in [-0.3, -0.25) is 9.59 Å². The van der Waals surface area contributed by atoms with Crippen LogP contribution in [0.1, 0.15) is 59.8 Å². The van der Waals surface area contributed by atoms with Gasteiger partial charge in [-0.2, -0.15) is 0 Å². The van der Waals surface area contributed by atoms with E-state index in [1.165, 1.54) is 0 Å². The lowest BCUT2D eigenvalue weighted by molar-refractivity contribution is -0.0572. The van der Waals surface area contributed by atoms with Gasteiger partial charge in [-0.1, -0.05) is 31.2 Å². The molecular formula is C45H54N2O5S2. The molecule has 0 aliphatic rings. The van der Waals surface area contributed by atoms with Crippen LogP contribution < -0.4 is 20.3 Å². The zero-order chi connectivity index (χ0) is 38.3. The van der Waals surface area contributed by atoms with Crippen LogP contribution in [0.4, 0.5) is 0 Å². The number of rotatable bonds is 19. The Balaban J connectivity index is 0.885. The summed E-state index contributed by atoms with van der Waals surface area (Å²) in [7, 11) is 4.33. The molecule has 6 rings (SSSR count). The molecule has 1 atom stereocenters. The summed E-state index contributed by atoms with van der Waals surface area (Å²) in [5.41, 5.74) is -0.0780. The van der Waals surface area contributed by atoms with Gasteiger partial charge >= 0.3 is 0 Å². The van der Waals surface area contributed by atoms with Crippen LogP contribution in [-0.4, -0.2) is 74.5 Å². The average molecular weight is 767 g/mol. The second-order valence-electron chi connectivity index (χ2n) is 15.3. The summed E-state index contributed by atoms with van der Waals surface area (Å²) in [5, 5.41) is 2.97. The monoisotopic (exact) mass is 766 g/mol. The first-order valence-electron chi connectivity index (χ1n) is 19.2. The molecule has 0 aliphatic carbocycles. The molecule has 4 aromatic carbocycles. The van der Waals surface area contributed by atoms with Gasteiger partial charge in [0.25, 0.3) is 0 Å². The maximum absolute atomic E-state index is 13.1. The number of fused-ring (bicyclic) bond motifs is 4. The number of hydrogen-bond donors (Lipinski definition) is 0. The molecule has 54 heavy (non-hydrogen) atoms. The molecule has 0 saturated carbocycles. The quantitative estimate of drug-likeness (QED) is 0.0601. The van der Waals surface area contributed by atoms with E-state index in [1.807, 2.05) is 84.9 Å². The Morgan fingerprint density at radius 1 is 0.593 bits per heavy atom. The largest absolute Gasteiger partial charge is 0.494 e. The Morgan fingerprint density at radius 3 is 1.63 bits per heavy atom. The molecule has 2 aromatic heterocycles. The van der Waals surface area contributed by atoms with Crippen LogP contribution in [0.2, 0.25) is 0 Å². The van der Waals surface area contributed by atoms with Crippen LogP contribution in [0.25, 0.3) is 40.3 Å². The lowest BCUT2D eigenvalue weighted by atomic mass is 9.96. The SMILES string of the molecule is CCC(C)(CCN(C)CCCOc1ccc2sc3ccccc3c(=O)c2c1)OCCC(C)(C)N(C)CCCOc1ccc2sc3ccccc3c(=O)c2c1. The summed E-state index contributed by atoms with van der Waals surface area (Å²) in [5.74, 6) is 1.49. The van der Waals surface area contributed by atoms with Crippen LogP contribution in [0.3, 0.4) is 0 Å². The van der Waals surface area contributed by atoms with Crippen molar-refractivity contribution in [3.8, 4) is 11.5 Å². The second kappa shape index (κ2) is 17.7. The standard InChI is InChI=1S/C45H54N2O5S2/c1-7-45(4,22-26-46(5)24-12-27-50-32-18-20-40-36(30-32)42(48)34-14-8-10-16-38(34)53-40)52-29-23-44(2,3)47(6)25-13-28-51-33-19-21-41-37(31-33)43(49)35-15-9-11-17-39(35)54-41/h8-11,14-21,30-31H,7,12-13,22-29H2,1-6H3. The Morgan fingerprint density at radius 2 is 1.09 bits per heavy atom. The fourth-order valence-corrected chi connectivity index (χ4v) is 8.80. The van der Waals surface area contributed by atoms with Crippen molar-refractivity contribution >= 4 is 63.0 Å². The summed E-state index contributed by atoms with van der Waals surface area (Å²) in [6.45, 7) is 13.7. The molecule has 9 heteroatoms. The van der Waals surface area contributed by atoms with Crippen molar-refractivity contribution in [1.82, 2.24) is 9.80 Å². The van der Waals surface area contributed by atoms with Crippen LogP contribution in [0.15, 0.2) is 94.5 Å². The molecule has 0 N–H and O–H groups in total.